The van der Waals surface area contributed by atoms with Crippen molar-refractivity contribution in [1.29, 1.82) is 0 Å². The summed E-state index contributed by atoms with van der Waals surface area (Å²) in [6.45, 7) is 5.29. The molecule has 0 radical (unpaired) electrons. The number of halogens is 1. The van der Waals surface area contributed by atoms with E-state index < -0.39 is 0 Å². The van der Waals surface area contributed by atoms with Gasteiger partial charge in [-0.05, 0) is 19.4 Å². The van der Waals surface area contributed by atoms with Gasteiger partial charge in [-0.1, -0.05) is 6.42 Å². The molecule has 1 atom stereocenters. The first kappa shape index (κ1) is 15.7. The van der Waals surface area contributed by atoms with E-state index >= 15 is 0 Å². The van der Waals surface area contributed by atoms with Gasteiger partial charge in [-0.25, -0.2) is 0 Å². The highest BCUT2D eigenvalue weighted by Crippen LogP contribution is 2.11. The minimum absolute atomic E-state index is 0. The van der Waals surface area contributed by atoms with E-state index in [1.165, 1.54) is 6.42 Å². The number of amides is 1. The van der Waals surface area contributed by atoms with Crippen molar-refractivity contribution in [3.63, 3.8) is 0 Å². The van der Waals surface area contributed by atoms with Crippen LogP contribution in [0.25, 0.3) is 0 Å². The highest BCUT2D eigenvalue weighted by molar-refractivity contribution is 5.85. The van der Waals surface area contributed by atoms with E-state index in [1.807, 2.05) is 4.90 Å². The minimum atomic E-state index is 0. The molecule has 2 fully saturated rings. The fraction of sp³-hybridized carbons (Fsp3) is 0.917. The largest absolute Gasteiger partial charge is 0.395 e. The normalized spacial score (nSPS) is 25.6. The number of rotatable bonds is 3. The van der Waals surface area contributed by atoms with Crippen LogP contribution in [0.2, 0.25) is 0 Å². The van der Waals surface area contributed by atoms with Crippen LogP contribution in [-0.2, 0) is 4.79 Å². The number of piperidine rings is 1. The zero-order chi connectivity index (χ0) is 12.1. The molecule has 0 saturated carbocycles. The number of piperazine rings is 1. The molecule has 0 bridgehead atoms. The topological polar surface area (TPSA) is 55.8 Å². The zero-order valence-electron chi connectivity index (χ0n) is 10.8. The lowest BCUT2D eigenvalue weighted by Gasteiger charge is -2.37. The van der Waals surface area contributed by atoms with E-state index in [2.05, 4.69) is 10.2 Å². The smallest absolute Gasteiger partial charge is 0.239 e. The predicted molar refractivity (Wildman–Crippen MR) is 73.0 cm³/mol. The second-order valence-electron chi connectivity index (χ2n) is 4.89. The Morgan fingerprint density at radius 3 is 2.50 bits per heavy atom. The highest BCUT2D eigenvalue weighted by atomic mass is 35.5. The molecule has 5 nitrogen and oxygen atoms in total. The summed E-state index contributed by atoms with van der Waals surface area (Å²) in [7, 11) is 0. The van der Waals surface area contributed by atoms with Crippen LogP contribution in [0.5, 0.6) is 0 Å². The third-order valence-corrected chi connectivity index (χ3v) is 3.71. The standard InChI is InChI=1S/C12H23N3O2.ClH/c16-10-9-14-5-7-15(8-6-14)12(17)11-3-1-2-4-13-11;/h11,13,16H,1-10H2;1H/t11-;/m1./s1. The summed E-state index contributed by atoms with van der Waals surface area (Å²) >= 11 is 0. The van der Waals surface area contributed by atoms with Crippen molar-refractivity contribution in [2.75, 3.05) is 45.9 Å². The van der Waals surface area contributed by atoms with Gasteiger partial charge in [-0.2, -0.15) is 0 Å². The molecule has 2 rings (SSSR count). The summed E-state index contributed by atoms with van der Waals surface area (Å²) in [6.07, 6.45) is 3.33. The van der Waals surface area contributed by atoms with Crippen molar-refractivity contribution in [1.82, 2.24) is 15.1 Å². The van der Waals surface area contributed by atoms with E-state index in [1.54, 1.807) is 0 Å². The fourth-order valence-electron chi connectivity index (χ4n) is 2.62. The molecule has 0 unspecified atom stereocenters. The van der Waals surface area contributed by atoms with E-state index in [9.17, 15) is 4.79 Å². The van der Waals surface area contributed by atoms with Crippen LogP contribution in [-0.4, -0.2) is 72.7 Å². The van der Waals surface area contributed by atoms with Crippen LogP contribution < -0.4 is 5.32 Å². The number of nitrogens with one attached hydrogen (secondary N) is 1. The van der Waals surface area contributed by atoms with Gasteiger partial charge in [-0.15, -0.1) is 12.4 Å². The number of carbonyl (C=O) groups excluding carboxylic acids is 1. The Labute approximate surface area is 115 Å². The van der Waals surface area contributed by atoms with Crippen LogP contribution in [0.3, 0.4) is 0 Å². The molecule has 0 aromatic rings. The summed E-state index contributed by atoms with van der Waals surface area (Å²) in [5.74, 6) is 0.272. The molecule has 0 aromatic heterocycles. The van der Waals surface area contributed by atoms with E-state index in [4.69, 9.17) is 5.11 Å². The van der Waals surface area contributed by atoms with Gasteiger partial charge >= 0.3 is 0 Å². The number of aliphatic hydroxyl groups excluding tert-OH is 1. The Kier molecular flexibility index (Phi) is 6.92. The molecule has 2 aliphatic rings. The number of carbonyl (C=O) groups is 1. The zero-order valence-corrected chi connectivity index (χ0v) is 11.6. The lowest BCUT2D eigenvalue weighted by Crippen LogP contribution is -2.55. The second kappa shape index (κ2) is 7.94. The Hall–Kier alpha value is -0.360. The summed E-state index contributed by atoms with van der Waals surface area (Å²) < 4.78 is 0. The molecule has 18 heavy (non-hydrogen) atoms. The Morgan fingerprint density at radius 2 is 1.94 bits per heavy atom. The molecule has 6 heteroatoms. The van der Waals surface area contributed by atoms with Crippen molar-refractivity contribution in [3.8, 4) is 0 Å². The van der Waals surface area contributed by atoms with E-state index in [0.29, 0.717) is 0 Å². The van der Waals surface area contributed by atoms with Gasteiger partial charge in [0.2, 0.25) is 5.91 Å². The lowest BCUT2D eigenvalue weighted by atomic mass is 10.0. The SMILES string of the molecule is Cl.O=C([C@H]1CCCCN1)N1CCN(CCO)CC1. The first-order valence-electron chi connectivity index (χ1n) is 6.66. The van der Waals surface area contributed by atoms with Crippen LogP contribution in [0.1, 0.15) is 19.3 Å². The van der Waals surface area contributed by atoms with Crippen molar-refractivity contribution in [3.05, 3.63) is 0 Å². The number of nitrogens with zero attached hydrogens (tertiary/aromatic N) is 2. The van der Waals surface area contributed by atoms with Gasteiger partial charge < -0.3 is 15.3 Å². The van der Waals surface area contributed by atoms with Crippen LogP contribution in [0.4, 0.5) is 0 Å². The van der Waals surface area contributed by atoms with Gasteiger partial charge in [0, 0.05) is 32.7 Å². The maximum Gasteiger partial charge on any atom is 0.239 e. The van der Waals surface area contributed by atoms with E-state index in [0.717, 1.165) is 52.1 Å². The molecule has 2 aliphatic heterocycles. The van der Waals surface area contributed by atoms with Crippen molar-refractivity contribution >= 4 is 18.3 Å². The summed E-state index contributed by atoms with van der Waals surface area (Å²) in [4.78, 5) is 16.4. The molecule has 0 aromatic carbocycles. The number of aliphatic hydroxyl groups is 1. The first-order valence-corrected chi connectivity index (χ1v) is 6.66. The lowest BCUT2D eigenvalue weighted by molar-refractivity contribution is -0.135. The maximum absolute atomic E-state index is 12.2. The van der Waals surface area contributed by atoms with Crippen molar-refractivity contribution in [2.24, 2.45) is 0 Å². The summed E-state index contributed by atoms with van der Waals surface area (Å²) in [5.41, 5.74) is 0. The van der Waals surface area contributed by atoms with Gasteiger partial charge in [-0.3, -0.25) is 9.69 Å². The molecule has 0 spiro atoms. The number of hydrogen-bond donors (Lipinski definition) is 2. The molecule has 2 heterocycles. The van der Waals surface area contributed by atoms with Crippen LogP contribution >= 0.6 is 12.4 Å². The molecular weight excluding hydrogens is 254 g/mol. The monoisotopic (exact) mass is 277 g/mol. The highest BCUT2D eigenvalue weighted by Gasteiger charge is 2.27. The summed E-state index contributed by atoms with van der Waals surface area (Å²) in [6, 6.07) is 0.0492. The third kappa shape index (κ3) is 4.09. The van der Waals surface area contributed by atoms with Gasteiger partial charge in [0.25, 0.3) is 0 Å². The molecule has 0 aliphatic carbocycles. The third-order valence-electron chi connectivity index (χ3n) is 3.71. The molecule has 2 N–H and O–H groups in total. The average molecular weight is 278 g/mol. The molecule has 106 valence electrons. The average Bonchev–Trinajstić information content (AvgIpc) is 2.40. The van der Waals surface area contributed by atoms with Crippen LogP contribution in [0.15, 0.2) is 0 Å². The van der Waals surface area contributed by atoms with Crippen molar-refractivity contribution < 1.29 is 9.90 Å². The van der Waals surface area contributed by atoms with Gasteiger partial charge in [0.1, 0.15) is 0 Å². The second-order valence-corrected chi connectivity index (χ2v) is 4.89. The number of β-amino-alcohol motifs (C(OH)–C–C–N with tert-alkyl or cyclic N) is 1. The summed E-state index contributed by atoms with van der Waals surface area (Å²) in [5, 5.41) is 12.2. The van der Waals surface area contributed by atoms with E-state index in [-0.39, 0.29) is 31.0 Å². The number of hydrogen-bond acceptors (Lipinski definition) is 4. The minimum Gasteiger partial charge on any atom is -0.395 e. The quantitative estimate of drug-likeness (QED) is 0.743. The maximum atomic E-state index is 12.2. The fourth-order valence-corrected chi connectivity index (χ4v) is 2.62. The molecular formula is C12H24ClN3O2. The molecule has 1 amide bonds. The van der Waals surface area contributed by atoms with Crippen molar-refractivity contribution in [2.45, 2.75) is 25.3 Å². The van der Waals surface area contributed by atoms with Gasteiger partial charge in [0.15, 0.2) is 0 Å². The Bertz CT molecular complexity index is 252. The first-order chi connectivity index (χ1) is 8.31. The Morgan fingerprint density at radius 1 is 1.22 bits per heavy atom. The molecule has 2 saturated heterocycles. The van der Waals surface area contributed by atoms with Gasteiger partial charge in [0.05, 0.1) is 12.6 Å². The predicted octanol–water partition coefficient (Wildman–Crippen LogP) is -0.313. The Balaban J connectivity index is 0.00000162. The van der Waals surface area contributed by atoms with Crippen LogP contribution in [0, 0.1) is 0 Å².